The number of fused-ring (bicyclic) bond motifs is 3. The SMILES string of the molecule is BC(B)(c1ccc(OC)nc1)N1C2CC1CN(c1ccc(-c3cc(-c4cnn(C)c4)cn4ncc(C#N)c34)cn1)C2. The van der Waals surface area contributed by atoms with Crippen molar-refractivity contribution in [3.8, 4) is 34.2 Å². The largest absolute Gasteiger partial charge is 0.481 e. The third kappa shape index (κ3) is 4.16. The van der Waals surface area contributed by atoms with Crippen molar-refractivity contribution in [2.75, 3.05) is 25.1 Å². The molecular weight excluding hydrogens is 512 g/mol. The second kappa shape index (κ2) is 9.49. The van der Waals surface area contributed by atoms with Gasteiger partial charge in [0.2, 0.25) is 5.88 Å². The van der Waals surface area contributed by atoms with E-state index in [0.29, 0.717) is 23.5 Å². The molecule has 3 saturated heterocycles. The number of nitrogens with zero attached hydrogens (tertiary/aromatic N) is 9. The van der Waals surface area contributed by atoms with Crippen LogP contribution in [-0.4, -0.2) is 82.2 Å². The lowest BCUT2D eigenvalue weighted by Crippen LogP contribution is -2.74. The zero-order chi connectivity index (χ0) is 28.3. The van der Waals surface area contributed by atoms with Crippen molar-refractivity contribution in [1.82, 2.24) is 34.3 Å². The number of pyridine rings is 3. The molecule has 10 nitrogen and oxygen atoms in total. The summed E-state index contributed by atoms with van der Waals surface area (Å²) in [4.78, 5) is 14.4. The molecule has 5 aromatic rings. The molecule has 3 aliphatic rings. The Kier molecular flexibility index (Phi) is 5.87. The molecule has 8 rings (SSSR count). The molecule has 0 spiro atoms. The summed E-state index contributed by atoms with van der Waals surface area (Å²) in [6.45, 7) is 1.86. The summed E-state index contributed by atoms with van der Waals surface area (Å²) < 4.78 is 8.80. The van der Waals surface area contributed by atoms with Gasteiger partial charge >= 0.3 is 0 Å². The fraction of sp³-hybridized carbons (Fsp3) is 0.276. The number of anilines is 1. The summed E-state index contributed by atoms with van der Waals surface area (Å²) in [7, 11) is 8.10. The van der Waals surface area contributed by atoms with Gasteiger partial charge in [-0.15, -0.1) is 0 Å². The highest BCUT2D eigenvalue weighted by atomic mass is 16.5. The molecule has 3 aliphatic heterocycles. The Morgan fingerprint density at radius 2 is 1.78 bits per heavy atom. The fourth-order valence-corrected chi connectivity index (χ4v) is 6.61. The van der Waals surface area contributed by atoms with Gasteiger partial charge in [-0.3, -0.25) is 9.58 Å². The molecule has 2 bridgehead atoms. The lowest BCUT2D eigenvalue weighted by molar-refractivity contribution is -0.0304. The molecule has 2 unspecified atom stereocenters. The van der Waals surface area contributed by atoms with Gasteiger partial charge < -0.3 is 9.64 Å². The minimum atomic E-state index is -0.120. The quantitative estimate of drug-likeness (QED) is 0.298. The van der Waals surface area contributed by atoms with E-state index in [4.69, 9.17) is 9.72 Å². The normalized spacial score (nSPS) is 18.7. The topological polar surface area (TPSA) is 100 Å². The van der Waals surface area contributed by atoms with E-state index in [2.05, 4.69) is 71.0 Å². The minimum absolute atomic E-state index is 0.120. The number of nitriles is 1. The van der Waals surface area contributed by atoms with E-state index in [1.165, 1.54) is 12.0 Å². The number of rotatable bonds is 6. The van der Waals surface area contributed by atoms with Crippen molar-refractivity contribution in [1.29, 1.82) is 5.26 Å². The Morgan fingerprint density at radius 3 is 2.41 bits per heavy atom. The predicted octanol–water partition coefficient (Wildman–Crippen LogP) is 1.41. The van der Waals surface area contributed by atoms with Crippen LogP contribution < -0.4 is 9.64 Å². The molecule has 3 fully saturated rings. The molecule has 0 N–H and O–H groups in total. The molecule has 0 radical (unpaired) electrons. The van der Waals surface area contributed by atoms with E-state index in [9.17, 15) is 5.26 Å². The second-order valence-electron chi connectivity index (χ2n) is 11.4. The van der Waals surface area contributed by atoms with E-state index in [0.717, 1.165) is 46.7 Å². The Balaban J connectivity index is 1.14. The summed E-state index contributed by atoms with van der Waals surface area (Å²) in [6.07, 6.45) is 12.4. The highest BCUT2D eigenvalue weighted by Gasteiger charge is 2.51. The Hall–Kier alpha value is -4.62. The van der Waals surface area contributed by atoms with Crippen LogP contribution in [0.4, 0.5) is 5.82 Å². The van der Waals surface area contributed by atoms with Crippen LogP contribution in [0.15, 0.2) is 67.5 Å². The summed E-state index contributed by atoms with van der Waals surface area (Å²) in [5, 5.41) is 18.4. The van der Waals surface area contributed by atoms with E-state index >= 15 is 0 Å². The first-order chi connectivity index (χ1) is 19.9. The van der Waals surface area contributed by atoms with Crippen LogP contribution in [0.25, 0.3) is 27.8 Å². The zero-order valence-electron chi connectivity index (χ0n) is 23.6. The molecule has 0 amide bonds. The molecule has 41 heavy (non-hydrogen) atoms. The van der Waals surface area contributed by atoms with Crippen LogP contribution in [0, 0.1) is 11.3 Å². The molecular formula is C29H29B2N9O. The van der Waals surface area contributed by atoms with Gasteiger partial charge in [0.1, 0.15) is 27.6 Å². The number of aryl methyl sites for hydroxylation is 1. The highest BCUT2D eigenvalue weighted by Crippen LogP contribution is 2.41. The maximum absolute atomic E-state index is 9.75. The second-order valence-corrected chi connectivity index (χ2v) is 11.4. The van der Waals surface area contributed by atoms with Gasteiger partial charge in [0.25, 0.3) is 0 Å². The summed E-state index contributed by atoms with van der Waals surface area (Å²) in [5.74, 6) is 1.61. The number of piperazine rings is 1. The predicted molar refractivity (Wildman–Crippen MR) is 161 cm³/mol. The Morgan fingerprint density at radius 1 is 0.951 bits per heavy atom. The number of ether oxygens (including phenoxy) is 1. The first kappa shape index (κ1) is 25.4. The van der Waals surface area contributed by atoms with E-state index in [1.807, 2.05) is 44.1 Å². The molecule has 202 valence electrons. The number of methoxy groups -OCH3 is 1. The van der Waals surface area contributed by atoms with Crippen molar-refractivity contribution in [3.05, 3.63) is 78.6 Å². The van der Waals surface area contributed by atoms with Crippen LogP contribution in [0.3, 0.4) is 0 Å². The molecule has 0 aromatic carbocycles. The number of hydrogen-bond donors (Lipinski definition) is 0. The smallest absolute Gasteiger partial charge is 0.212 e. The van der Waals surface area contributed by atoms with Crippen molar-refractivity contribution in [2.24, 2.45) is 7.05 Å². The Labute approximate surface area is 240 Å². The zero-order valence-corrected chi connectivity index (χ0v) is 23.6. The first-order valence-electron chi connectivity index (χ1n) is 13.8. The average Bonchev–Trinajstić information content (AvgIpc) is 3.62. The monoisotopic (exact) mass is 541 g/mol. The van der Waals surface area contributed by atoms with Gasteiger partial charge in [-0.05, 0) is 35.5 Å². The first-order valence-corrected chi connectivity index (χ1v) is 13.8. The van der Waals surface area contributed by atoms with Crippen LogP contribution in [0.2, 0.25) is 0 Å². The molecule has 2 atom stereocenters. The summed E-state index contributed by atoms with van der Waals surface area (Å²) in [6, 6.07) is 13.5. The van der Waals surface area contributed by atoms with Crippen molar-refractivity contribution < 1.29 is 4.74 Å². The van der Waals surface area contributed by atoms with Gasteiger partial charge in [-0.1, -0.05) is 6.07 Å². The standard InChI is InChI=1S/C29H29B2N9O/c1-37-14-21(12-35-37)19-7-25(28-20(9-32)11-36-39(28)15-19)18-3-5-26(33-10-18)38-16-23-8-24(17-38)40(23)29(30,31)22-4-6-27(41-2)34-13-22/h3-7,10-15,23-24H,8,16-17,30-31H2,1-2H3. The van der Waals surface area contributed by atoms with Gasteiger partial charge in [-0.2, -0.15) is 15.5 Å². The highest BCUT2D eigenvalue weighted by molar-refractivity contribution is 6.39. The molecule has 5 aromatic heterocycles. The average molecular weight is 541 g/mol. The van der Waals surface area contributed by atoms with Crippen molar-refractivity contribution >= 4 is 27.0 Å². The van der Waals surface area contributed by atoms with Crippen LogP contribution >= 0.6 is 0 Å². The number of aromatic nitrogens is 6. The van der Waals surface area contributed by atoms with Crippen LogP contribution in [-0.2, 0) is 12.4 Å². The lowest BCUT2D eigenvalue weighted by atomic mass is 9.54. The van der Waals surface area contributed by atoms with Gasteiger partial charge in [-0.25, -0.2) is 14.5 Å². The van der Waals surface area contributed by atoms with Crippen LogP contribution in [0.1, 0.15) is 17.5 Å². The maximum Gasteiger partial charge on any atom is 0.212 e. The minimum Gasteiger partial charge on any atom is -0.481 e. The number of hydrogen-bond acceptors (Lipinski definition) is 8. The maximum atomic E-state index is 9.75. The van der Waals surface area contributed by atoms with E-state index < -0.39 is 0 Å². The number of piperidine rings is 1. The van der Waals surface area contributed by atoms with Gasteiger partial charge in [0.15, 0.2) is 0 Å². The molecule has 0 aliphatic carbocycles. The van der Waals surface area contributed by atoms with Crippen LogP contribution in [0.5, 0.6) is 5.88 Å². The third-order valence-electron chi connectivity index (χ3n) is 8.64. The molecule has 0 saturated carbocycles. The van der Waals surface area contributed by atoms with Crippen molar-refractivity contribution in [3.63, 3.8) is 0 Å². The van der Waals surface area contributed by atoms with Gasteiger partial charge in [0.05, 0.1) is 30.6 Å². The van der Waals surface area contributed by atoms with E-state index in [1.54, 1.807) is 22.5 Å². The van der Waals surface area contributed by atoms with Gasteiger partial charge in [0, 0.05) is 85.3 Å². The molecule has 12 heteroatoms. The van der Waals surface area contributed by atoms with E-state index in [-0.39, 0.29) is 5.34 Å². The summed E-state index contributed by atoms with van der Waals surface area (Å²) >= 11 is 0. The lowest BCUT2D eigenvalue weighted by Gasteiger charge is -2.62. The van der Waals surface area contributed by atoms with Crippen molar-refractivity contribution in [2.45, 2.75) is 23.8 Å². The molecule has 8 heterocycles. The fourth-order valence-electron chi connectivity index (χ4n) is 6.61. The Bertz CT molecular complexity index is 1780. The third-order valence-corrected chi connectivity index (χ3v) is 8.64. The summed E-state index contributed by atoms with van der Waals surface area (Å²) in [5.41, 5.74) is 6.33.